The standard InChI is InChI=1S/C16H20N2O3/c1-11(2)13-4-6-14(7-5-13)20-9-8-17-16(19)15-10-12(3)18-21-15/h4-7,10-11H,8-9H2,1-3H3,(H,17,19). The molecular formula is C16H20N2O3. The van der Waals surface area contributed by atoms with Crippen LogP contribution in [0, 0.1) is 6.92 Å². The fourth-order valence-corrected chi connectivity index (χ4v) is 1.84. The third kappa shape index (κ3) is 4.34. The minimum absolute atomic E-state index is 0.216. The lowest BCUT2D eigenvalue weighted by molar-refractivity contribution is 0.0910. The molecule has 0 bridgehead atoms. The number of benzene rings is 1. The Morgan fingerprint density at radius 2 is 2.05 bits per heavy atom. The lowest BCUT2D eigenvalue weighted by Gasteiger charge is -2.09. The SMILES string of the molecule is Cc1cc(C(=O)NCCOc2ccc(C(C)C)cc2)on1. The molecule has 0 aliphatic rings. The van der Waals surface area contributed by atoms with Gasteiger partial charge in [-0.15, -0.1) is 0 Å². The molecule has 0 atom stereocenters. The minimum atomic E-state index is -0.283. The van der Waals surface area contributed by atoms with Crippen LogP contribution in [0.25, 0.3) is 0 Å². The van der Waals surface area contributed by atoms with Crippen molar-refractivity contribution < 1.29 is 14.1 Å². The van der Waals surface area contributed by atoms with Gasteiger partial charge in [0.05, 0.1) is 12.2 Å². The number of nitrogens with one attached hydrogen (secondary N) is 1. The fraction of sp³-hybridized carbons (Fsp3) is 0.375. The molecule has 2 aromatic rings. The normalized spacial score (nSPS) is 10.7. The fourth-order valence-electron chi connectivity index (χ4n) is 1.84. The molecule has 0 aliphatic heterocycles. The molecule has 21 heavy (non-hydrogen) atoms. The van der Waals surface area contributed by atoms with Crippen LogP contribution in [-0.4, -0.2) is 24.2 Å². The Balaban J connectivity index is 1.73. The number of nitrogens with zero attached hydrogens (tertiary/aromatic N) is 1. The number of ether oxygens (including phenoxy) is 1. The molecule has 0 radical (unpaired) electrons. The first-order valence-corrected chi connectivity index (χ1v) is 7.00. The first-order valence-electron chi connectivity index (χ1n) is 7.00. The first kappa shape index (κ1) is 15.1. The zero-order valence-electron chi connectivity index (χ0n) is 12.6. The van der Waals surface area contributed by atoms with E-state index in [1.807, 2.05) is 12.1 Å². The molecule has 1 amide bonds. The molecular weight excluding hydrogens is 268 g/mol. The van der Waals surface area contributed by atoms with Gasteiger partial charge in [-0.05, 0) is 30.5 Å². The smallest absolute Gasteiger partial charge is 0.290 e. The van der Waals surface area contributed by atoms with Gasteiger partial charge in [-0.25, -0.2) is 0 Å². The van der Waals surface area contributed by atoms with Gasteiger partial charge in [-0.2, -0.15) is 0 Å². The summed E-state index contributed by atoms with van der Waals surface area (Å²) in [5, 5.41) is 6.38. The van der Waals surface area contributed by atoms with E-state index in [4.69, 9.17) is 9.26 Å². The van der Waals surface area contributed by atoms with Crippen molar-refractivity contribution in [2.75, 3.05) is 13.2 Å². The third-order valence-electron chi connectivity index (χ3n) is 3.05. The van der Waals surface area contributed by atoms with E-state index in [1.165, 1.54) is 5.56 Å². The summed E-state index contributed by atoms with van der Waals surface area (Å²) in [7, 11) is 0. The van der Waals surface area contributed by atoms with Crippen molar-refractivity contribution >= 4 is 5.91 Å². The van der Waals surface area contributed by atoms with Gasteiger partial charge in [0.25, 0.3) is 5.91 Å². The van der Waals surface area contributed by atoms with Crippen molar-refractivity contribution in [3.63, 3.8) is 0 Å². The molecule has 5 nitrogen and oxygen atoms in total. The molecule has 2 rings (SSSR count). The van der Waals surface area contributed by atoms with E-state index >= 15 is 0 Å². The van der Waals surface area contributed by atoms with Crippen LogP contribution >= 0.6 is 0 Å². The van der Waals surface area contributed by atoms with Gasteiger partial charge in [0.1, 0.15) is 12.4 Å². The van der Waals surface area contributed by atoms with Crippen molar-refractivity contribution in [1.82, 2.24) is 10.5 Å². The van der Waals surface area contributed by atoms with Crippen LogP contribution in [0.1, 0.15) is 41.6 Å². The maximum atomic E-state index is 11.7. The quantitative estimate of drug-likeness (QED) is 0.830. The third-order valence-corrected chi connectivity index (χ3v) is 3.05. The maximum Gasteiger partial charge on any atom is 0.290 e. The topological polar surface area (TPSA) is 64.4 Å². The summed E-state index contributed by atoms with van der Waals surface area (Å²) in [5.74, 6) is 1.23. The van der Waals surface area contributed by atoms with Gasteiger partial charge >= 0.3 is 0 Å². The van der Waals surface area contributed by atoms with Gasteiger partial charge in [-0.1, -0.05) is 31.1 Å². The molecule has 0 aliphatic carbocycles. The zero-order chi connectivity index (χ0) is 15.2. The predicted octanol–water partition coefficient (Wildman–Crippen LogP) is 2.92. The average Bonchev–Trinajstić information content (AvgIpc) is 2.90. The number of carbonyl (C=O) groups is 1. The van der Waals surface area contributed by atoms with Crippen LogP contribution in [0.5, 0.6) is 5.75 Å². The van der Waals surface area contributed by atoms with E-state index in [9.17, 15) is 4.79 Å². The zero-order valence-corrected chi connectivity index (χ0v) is 12.6. The van der Waals surface area contributed by atoms with Crippen LogP contribution < -0.4 is 10.1 Å². The highest BCUT2D eigenvalue weighted by Gasteiger charge is 2.10. The average molecular weight is 288 g/mol. The summed E-state index contributed by atoms with van der Waals surface area (Å²) < 4.78 is 10.4. The predicted molar refractivity (Wildman–Crippen MR) is 79.6 cm³/mol. The largest absolute Gasteiger partial charge is 0.492 e. The molecule has 5 heteroatoms. The molecule has 1 aromatic heterocycles. The highest BCUT2D eigenvalue weighted by molar-refractivity contribution is 5.91. The molecule has 1 aromatic carbocycles. The number of hydrogen-bond donors (Lipinski definition) is 1. The number of aromatic nitrogens is 1. The minimum Gasteiger partial charge on any atom is -0.492 e. The Hall–Kier alpha value is -2.30. The first-order chi connectivity index (χ1) is 10.1. The maximum absolute atomic E-state index is 11.7. The summed E-state index contributed by atoms with van der Waals surface area (Å²) in [6.45, 7) is 6.88. The van der Waals surface area contributed by atoms with Crippen LogP contribution in [0.3, 0.4) is 0 Å². The van der Waals surface area contributed by atoms with Crippen molar-refractivity contribution in [2.45, 2.75) is 26.7 Å². The molecule has 0 saturated heterocycles. The van der Waals surface area contributed by atoms with E-state index in [0.29, 0.717) is 24.8 Å². The lowest BCUT2D eigenvalue weighted by atomic mass is 10.0. The van der Waals surface area contributed by atoms with Crippen molar-refractivity contribution in [1.29, 1.82) is 0 Å². The Morgan fingerprint density at radius 1 is 1.33 bits per heavy atom. The van der Waals surface area contributed by atoms with Crippen LogP contribution in [-0.2, 0) is 0 Å². The Labute approximate surface area is 124 Å². The Kier molecular flexibility index (Phi) is 4.98. The number of rotatable bonds is 6. The molecule has 0 spiro atoms. The van der Waals surface area contributed by atoms with Crippen LogP contribution in [0.4, 0.5) is 0 Å². The van der Waals surface area contributed by atoms with E-state index in [1.54, 1.807) is 13.0 Å². The molecule has 0 fully saturated rings. The number of carbonyl (C=O) groups excluding carboxylic acids is 1. The van der Waals surface area contributed by atoms with Crippen molar-refractivity contribution in [3.05, 3.63) is 47.3 Å². The van der Waals surface area contributed by atoms with Crippen LogP contribution in [0.2, 0.25) is 0 Å². The van der Waals surface area contributed by atoms with Gasteiger partial charge < -0.3 is 14.6 Å². The summed E-state index contributed by atoms with van der Waals surface area (Å²) in [6, 6.07) is 9.58. The van der Waals surface area contributed by atoms with E-state index in [-0.39, 0.29) is 11.7 Å². The molecule has 1 heterocycles. The summed E-state index contributed by atoms with van der Waals surface area (Å²) >= 11 is 0. The Bertz CT molecular complexity index is 588. The summed E-state index contributed by atoms with van der Waals surface area (Å²) in [4.78, 5) is 11.7. The van der Waals surface area contributed by atoms with Crippen molar-refractivity contribution in [3.8, 4) is 5.75 Å². The Morgan fingerprint density at radius 3 is 2.62 bits per heavy atom. The molecule has 1 N–H and O–H groups in total. The number of amides is 1. The molecule has 0 unspecified atom stereocenters. The van der Waals surface area contributed by atoms with E-state index in [0.717, 1.165) is 5.75 Å². The van der Waals surface area contributed by atoms with E-state index < -0.39 is 0 Å². The van der Waals surface area contributed by atoms with Gasteiger partial charge in [0.2, 0.25) is 5.76 Å². The monoisotopic (exact) mass is 288 g/mol. The van der Waals surface area contributed by atoms with Gasteiger partial charge in [0.15, 0.2) is 0 Å². The molecule has 0 saturated carbocycles. The van der Waals surface area contributed by atoms with Gasteiger partial charge in [0, 0.05) is 6.07 Å². The lowest BCUT2D eigenvalue weighted by Crippen LogP contribution is -2.27. The number of aryl methyl sites for hydroxylation is 1. The highest BCUT2D eigenvalue weighted by Crippen LogP contribution is 2.18. The second-order valence-electron chi connectivity index (χ2n) is 5.16. The van der Waals surface area contributed by atoms with E-state index in [2.05, 4.69) is 36.5 Å². The second kappa shape index (κ2) is 6.92. The number of hydrogen-bond acceptors (Lipinski definition) is 4. The van der Waals surface area contributed by atoms with Gasteiger partial charge in [-0.3, -0.25) is 4.79 Å². The summed E-state index contributed by atoms with van der Waals surface area (Å²) in [5.41, 5.74) is 1.96. The molecule has 112 valence electrons. The van der Waals surface area contributed by atoms with Crippen molar-refractivity contribution in [2.24, 2.45) is 0 Å². The second-order valence-corrected chi connectivity index (χ2v) is 5.16. The summed E-state index contributed by atoms with van der Waals surface area (Å²) in [6.07, 6.45) is 0. The van der Waals surface area contributed by atoms with Crippen LogP contribution in [0.15, 0.2) is 34.9 Å². The highest BCUT2D eigenvalue weighted by atomic mass is 16.5.